The highest BCUT2D eigenvalue weighted by atomic mass is 14.7. The van der Waals surface area contributed by atoms with Crippen LogP contribution in [0, 0.1) is 16.7 Å². The van der Waals surface area contributed by atoms with Gasteiger partial charge in [0, 0.05) is 22.2 Å². The molecule has 1 atom stereocenters. The van der Waals surface area contributed by atoms with Crippen molar-refractivity contribution in [3.63, 3.8) is 0 Å². The topological polar surface area (TPSA) is 12.9 Å². The number of hydrogen-bond donors (Lipinski definition) is 0. The van der Waals surface area contributed by atoms with E-state index in [9.17, 15) is 0 Å². The lowest BCUT2D eigenvalue weighted by Crippen LogP contribution is -2.41. The van der Waals surface area contributed by atoms with E-state index in [1.165, 1.54) is 32.9 Å². The minimum absolute atomic E-state index is 0.0474. The molecule has 0 saturated carbocycles. The van der Waals surface area contributed by atoms with Crippen LogP contribution < -0.4 is 10.4 Å². The third kappa shape index (κ3) is 2.18. The van der Waals surface area contributed by atoms with E-state index in [0.717, 1.165) is 12.8 Å². The molecule has 130 valence electrons. The molecule has 1 heteroatoms. The van der Waals surface area contributed by atoms with Gasteiger partial charge in [-0.3, -0.25) is 4.98 Å². The molecule has 0 spiro atoms. The van der Waals surface area contributed by atoms with E-state index >= 15 is 0 Å². The van der Waals surface area contributed by atoms with Crippen LogP contribution in [-0.2, 0) is 0 Å². The van der Waals surface area contributed by atoms with Gasteiger partial charge in [-0.15, -0.1) is 0 Å². The van der Waals surface area contributed by atoms with Crippen molar-refractivity contribution in [2.75, 3.05) is 0 Å². The second kappa shape index (κ2) is 5.30. The minimum Gasteiger partial charge on any atom is -0.256 e. The Bertz CT molecular complexity index is 962. The molecule has 25 heavy (non-hydrogen) atoms. The van der Waals surface area contributed by atoms with Crippen molar-refractivity contribution in [2.24, 2.45) is 16.7 Å². The first-order valence-corrected chi connectivity index (χ1v) is 9.55. The van der Waals surface area contributed by atoms with E-state index < -0.39 is 0 Å². The quantitative estimate of drug-likeness (QED) is 0.711. The molecular formula is C24H29N. The van der Waals surface area contributed by atoms with Gasteiger partial charge in [0.05, 0.1) is 5.69 Å². The first-order chi connectivity index (χ1) is 11.8. The summed E-state index contributed by atoms with van der Waals surface area (Å²) in [5, 5.41) is 2.80. The van der Waals surface area contributed by atoms with Crippen LogP contribution in [0.15, 0.2) is 41.6 Å². The fourth-order valence-corrected chi connectivity index (χ4v) is 5.70. The van der Waals surface area contributed by atoms with Crippen LogP contribution in [0.5, 0.6) is 0 Å². The SMILES string of the molecule is CC=CCC1CC=C(C)C2=C1c1nccc3c1=C(C(C)(C)C=3)C2(C)C. The molecule has 4 rings (SSSR count). The van der Waals surface area contributed by atoms with Crippen LogP contribution in [-0.4, -0.2) is 4.98 Å². The number of aromatic nitrogens is 1. The van der Waals surface area contributed by atoms with Gasteiger partial charge in [0.25, 0.3) is 0 Å². The number of hydrogen-bond acceptors (Lipinski definition) is 1. The second-order valence-corrected chi connectivity index (χ2v) is 8.90. The summed E-state index contributed by atoms with van der Waals surface area (Å²) in [5.41, 5.74) is 7.43. The molecule has 0 amide bonds. The van der Waals surface area contributed by atoms with Gasteiger partial charge < -0.3 is 0 Å². The Balaban J connectivity index is 2.10. The van der Waals surface area contributed by atoms with Gasteiger partial charge in [0.15, 0.2) is 0 Å². The first kappa shape index (κ1) is 16.6. The van der Waals surface area contributed by atoms with Crippen LogP contribution in [0.4, 0.5) is 0 Å². The van der Waals surface area contributed by atoms with E-state index in [4.69, 9.17) is 4.98 Å². The lowest BCUT2D eigenvalue weighted by molar-refractivity contribution is 0.501. The third-order valence-electron chi connectivity index (χ3n) is 6.34. The molecular weight excluding hydrogens is 302 g/mol. The van der Waals surface area contributed by atoms with Gasteiger partial charge >= 0.3 is 0 Å². The Morgan fingerprint density at radius 1 is 1.24 bits per heavy atom. The Kier molecular flexibility index (Phi) is 3.51. The molecule has 1 unspecified atom stereocenters. The summed E-state index contributed by atoms with van der Waals surface area (Å²) >= 11 is 0. The Hall–Kier alpha value is -1.89. The van der Waals surface area contributed by atoms with Crippen LogP contribution >= 0.6 is 0 Å². The van der Waals surface area contributed by atoms with Crippen LogP contribution in [0.25, 0.3) is 17.2 Å². The molecule has 0 fully saturated rings. The van der Waals surface area contributed by atoms with Crippen molar-refractivity contribution in [3.8, 4) is 0 Å². The molecule has 0 bridgehead atoms. The van der Waals surface area contributed by atoms with Crippen LogP contribution in [0.3, 0.4) is 0 Å². The summed E-state index contributed by atoms with van der Waals surface area (Å²) in [4.78, 5) is 4.93. The average molecular weight is 332 g/mol. The van der Waals surface area contributed by atoms with E-state index in [0.29, 0.717) is 5.92 Å². The molecule has 1 aromatic rings. The predicted molar refractivity (Wildman–Crippen MR) is 107 cm³/mol. The molecule has 0 N–H and O–H groups in total. The van der Waals surface area contributed by atoms with Crippen molar-refractivity contribution in [3.05, 3.63) is 57.8 Å². The van der Waals surface area contributed by atoms with Crippen molar-refractivity contribution >= 4 is 17.2 Å². The standard InChI is InChI=1S/C24H29N/c1-7-8-9-16-11-10-15(2)20-18(16)21-19-17(12-13-25-21)14-23(3,4)22(19)24(20,5)6/h7-8,10,12-14,16H,9,11H2,1-6H3. The highest BCUT2D eigenvalue weighted by Gasteiger charge is 2.46. The van der Waals surface area contributed by atoms with Crippen molar-refractivity contribution in [1.29, 1.82) is 0 Å². The number of rotatable bonds is 2. The molecule has 0 saturated heterocycles. The molecule has 1 aromatic heterocycles. The van der Waals surface area contributed by atoms with Gasteiger partial charge in [-0.2, -0.15) is 0 Å². The van der Waals surface area contributed by atoms with E-state index in [1.807, 2.05) is 6.20 Å². The largest absolute Gasteiger partial charge is 0.256 e. The normalized spacial score (nSPS) is 25.6. The van der Waals surface area contributed by atoms with Crippen molar-refractivity contribution < 1.29 is 0 Å². The highest BCUT2D eigenvalue weighted by molar-refractivity contribution is 5.88. The van der Waals surface area contributed by atoms with Gasteiger partial charge in [-0.05, 0) is 60.6 Å². The highest BCUT2D eigenvalue weighted by Crippen LogP contribution is 2.55. The van der Waals surface area contributed by atoms with Gasteiger partial charge in [-0.25, -0.2) is 0 Å². The molecule has 3 aliphatic carbocycles. The number of allylic oxidation sites excluding steroid dienone is 6. The summed E-state index contributed by atoms with van der Waals surface area (Å²) < 4.78 is 0. The van der Waals surface area contributed by atoms with E-state index in [2.05, 4.69) is 71.9 Å². The zero-order chi connectivity index (χ0) is 18.0. The lowest BCUT2D eigenvalue weighted by Gasteiger charge is -2.44. The monoisotopic (exact) mass is 331 g/mol. The van der Waals surface area contributed by atoms with Gasteiger partial charge in [0.1, 0.15) is 0 Å². The van der Waals surface area contributed by atoms with Gasteiger partial charge in [0.2, 0.25) is 0 Å². The maximum absolute atomic E-state index is 4.93. The summed E-state index contributed by atoms with van der Waals surface area (Å²) in [6.07, 6.45) is 13.6. The van der Waals surface area contributed by atoms with Crippen molar-refractivity contribution in [2.45, 2.75) is 54.4 Å². The number of nitrogens with zero attached hydrogens (tertiary/aromatic N) is 1. The zero-order valence-electron chi connectivity index (χ0n) is 16.4. The molecule has 0 aliphatic heterocycles. The zero-order valence-corrected chi connectivity index (χ0v) is 16.4. The molecule has 1 nitrogen and oxygen atoms in total. The summed E-state index contributed by atoms with van der Waals surface area (Å²) in [5.74, 6) is 0.540. The lowest BCUT2D eigenvalue weighted by atomic mass is 9.59. The average Bonchev–Trinajstić information content (AvgIpc) is 2.82. The van der Waals surface area contributed by atoms with Crippen LogP contribution in [0.1, 0.15) is 60.1 Å². The maximum atomic E-state index is 4.93. The summed E-state index contributed by atoms with van der Waals surface area (Å²) in [6, 6.07) is 2.20. The Labute approximate surface area is 151 Å². The molecule has 3 aliphatic rings. The smallest absolute Gasteiger partial charge is 0.0746 e. The maximum Gasteiger partial charge on any atom is 0.0746 e. The molecule has 0 aromatic carbocycles. The van der Waals surface area contributed by atoms with Gasteiger partial charge in [-0.1, -0.05) is 57.6 Å². The molecule has 0 radical (unpaired) electrons. The van der Waals surface area contributed by atoms with Crippen LogP contribution in [0.2, 0.25) is 0 Å². The first-order valence-electron chi connectivity index (χ1n) is 9.55. The number of fused-ring (bicyclic) bond motifs is 1. The Morgan fingerprint density at radius 2 is 2.00 bits per heavy atom. The third-order valence-corrected chi connectivity index (χ3v) is 6.34. The minimum atomic E-state index is 0.0474. The second-order valence-electron chi connectivity index (χ2n) is 8.90. The predicted octanol–water partition coefficient (Wildman–Crippen LogP) is 4.78. The van der Waals surface area contributed by atoms with E-state index in [-0.39, 0.29) is 10.8 Å². The number of pyridine rings is 1. The summed E-state index contributed by atoms with van der Waals surface area (Å²) in [7, 11) is 0. The fourth-order valence-electron chi connectivity index (χ4n) is 5.70. The summed E-state index contributed by atoms with van der Waals surface area (Å²) in [6.45, 7) is 14.0. The van der Waals surface area contributed by atoms with E-state index in [1.54, 1.807) is 5.57 Å². The van der Waals surface area contributed by atoms with Crippen molar-refractivity contribution in [1.82, 2.24) is 4.98 Å². The Morgan fingerprint density at radius 3 is 2.72 bits per heavy atom. The fraction of sp³-hybridized carbons (Fsp3) is 0.458. The molecule has 1 heterocycles.